The fourth-order valence-electron chi connectivity index (χ4n) is 3.96. The maximum Gasteiger partial charge on any atom is 0.272 e. The molecule has 2 fully saturated rings. The van der Waals surface area contributed by atoms with E-state index in [4.69, 9.17) is 4.74 Å². The topological polar surface area (TPSA) is 70.2 Å². The molecule has 122 valence electrons. The minimum absolute atomic E-state index is 0.0742. The molecule has 2 heterocycles. The van der Waals surface area contributed by atoms with Crippen LogP contribution in [0.4, 0.5) is 0 Å². The number of aromatic amines is 1. The number of hydrogen-bond donors (Lipinski definition) is 2. The Morgan fingerprint density at radius 2 is 2.09 bits per heavy atom. The molecule has 1 unspecified atom stereocenters. The summed E-state index contributed by atoms with van der Waals surface area (Å²) < 4.78 is 5.49. The van der Waals surface area contributed by atoms with Crippen molar-refractivity contribution in [1.82, 2.24) is 20.4 Å². The van der Waals surface area contributed by atoms with Gasteiger partial charge in [0.2, 0.25) is 0 Å². The SMILES string of the molecule is Cc1cc(C(=O)NC(C)C2(N3CCOCC3)CCCC2)n[nH]1. The van der Waals surface area contributed by atoms with Crippen molar-refractivity contribution in [2.24, 2.45) is 0 Å². The van der Waals surface area contributed by atoms with Crippen molar-refractivity contribution in [2.75, 3.05) is 26.3 Å². The van der Waals surface area contributed by atoms with Crippen molar-refractivity contribution in [2.45, 2.75) is 51.1 Å². The zero-order valence-corrected chi connectivity index (χ0v) is 13.5. The molecule has 1 atom stereocenters. The Bertz CT molecular complexity index is 516. The van der Waals surface area contributed by atoms with Gasteiger partial charge in [-0.25, -0.2) is 0 Å². The summed E-state index contributed by atoms with van der Waals surface area (Å²) in [5.41, 5.74) is 1.45. The minimum Gasteiger partial charge on any atom is -0.379 e. The average molecular weight is 306 g/mol. The van der Waals surface area contributed by atoms with Gasteiger partial charge in [-0.1, -0.05) is 12.8 Å². The Morgan fingerprint density at radius 1 is 1.41 bits per heavy atom. The number of nitrogens with one attached hydrogen (secondary N) is 2. The molecule has 6 heteroatoms. The Labute approximate surface area is 131 Å². The standard InChI is InChI=1S/C16H26N4O2/c1-12-11-14(19-18-12)15(21)17-13(2)16(5-3-4-6-16)20-7-9-22-10-8-20/h11,13H,3-10H2,1-2H3,(H,17,21)(H,18,19). The first kappa shape index (κ1) is 15.5. The lowest BCUT2D eigenvalue weighted by molar-refractivity contribution is -0.0323. The highest BCUT2D eigenvalue weighted by molar-refractivity contribution is 5.92. The molecule has 0 aromatic carbocycles. The van der Waals surface area contributed by atoms with Crippen LogP contribution >= 0.6 is 0 Å². The third-order valence-corrected chi connectivity index (χ3v) is 5.20. The van der Waals surface area contributed by atoms with Crippen LogP contribution in [0, 0.1) is 6.92 Å². The molecule has 1 amide bonds. The lowest BCUT2D eigenvalue weighted by Crippen LogP contribution is -2.62. The fourth-order valence-corrected chi connectivity index (χ4v) is 3.96. The summed E-state index contributed by atoms with van der Waals surface area (Å²) >= 11 is 0. The number of hydrogen-bond acceptors (Lipinski definition) is 4. The van der Waals surface area contributed by atoms with Gasteiger partial charge in [-0.15, -0.1) is 0 Å². The number of aromatic nitrogens is 2. The number of H-pyrrole nitrogens is 1. The Hall–Kier alpha value is -1.40. The number of nitrogens with zero attached hydrogens (tertiary/aromatic N) is 2. The van der Waals surface area contributed by atoms with Gasteiger partial charge in [-0.2, -0.15) is 5.10 Å². The summed E-state index contributed by atoms with van der Waals surface area (Å²) in [6, 6.07) is 1.90. The zero-order valence-electron chi connectivity index (χ0n) is 13.5. The van der Waals surface area contributed by atoms with Crippen LogP contribution in [0.3, 0.4) is 0 Å². The van der Waals surface area contributed by atoms with Crippen molar-refractivity contribution in [3.8, 4) is 0 Å². The van der Waals surface area contributed by atoms with E-state index in [0.29, 0.717) is 5.69 Å². The zero-order chi connectivity index (χ0) is 15.6. The number of amides is 1. The molecule has 3 rings (SSSR count). The summed E-state index contributed by atoms with van der Waals surface area (Å²) in [4.78, 5) is 14.9. The second-order valence-electron chi connectivity index (χ2n) is 6.54. The van der Waals surface area contributed by atoms with E-state index in [1.807, 2.05) is 6.92 Å². The highest BCUT2D eigenvalue weighted by Gasteiger charge is 2.45. The Kier molecular flexibility index (Phi) is 4.49. The maximum atomic E-state index is 12.4. The Balaban J connectivity index is 1.72. The highest BCUT2D eigenvalue weighted by Crippen LogP contribution is 2.38. The molecule has 0 bridgehead atoms. The molecular formula is C16H26N4O2. The number of ether oxygens (including phenoxy) is 1. The van der Waals surface area contributed by atoms with Crippen LogP contribution in [-0.4, -0.2) is 58.9 Å². The summed E-state index contributed by atoms with van der Waals surface area (Å²) in [5.74, 6) is -0.0867. The second kappa shape index (κ2) is 6.38. The first-order valence-corrected chi connectivity index (χ1v) is 8.27. The monoisotopic (exact) mass is 306 g/mol. The second-order valence-corrected chi connectivity index (χ2v) is 6.54. The van der Waals surface area contributed by atoms with Gasteiger partial charge in [0.15, 0.2) is 0 Å². The van der Waals surface area contributed by atoms with Crippen LogP contribution in [-0.2, 0) is 4.74 Å². The van der Waals surface area contributed by atoms with Crippen LogP contribution in [0.1, 0.15) is 48.8 Å². The summed E-state index contributed by atoms with van der Waals surface area (Å²) in [5, 5.41) is 10.1. The number of rotatable bonds is 4. The molecule has 22 heavy (non-hydrogen) atoms. The quantitative estimate of drug-likeness (QED) is 0.884. The molecule has 0 spiro atoms. The first-order valence-electron chi connectivity index (χ1n) is 8.27. The fraction of sp³-hybridized carbons (Fsp3) is 0.750. The summed E-state index contributed by atoms with van der Waals surface area (Å²) in [6.45, 7) is 7.54. The van der Waals surface area contributed by atoms with Crippen molar-refractivity contribution >= 4 is 5.91 Å². The van der Waals surface area contributed by atoms with E-state index in [2.05, 4.69) is 27.3 Å². The molecule has 2 N–H and O–H groups in total. The van der Waals surface area contributed by atoms with Crippen LogP contribution in [0.5, 0.6) is 0 Å². The molecule has 2 aliphatic rings. The molecule has 1 aliphatic carbocycles. The van der Waals surface area contributed by atoms with E-state index < -0.39 is 0 Å². The van der Waals surface area contributed by atoms with Gasteiger partial charge < -0.3 is 10.1 Å². The highest BCUT2D eigenvalue weighted by atomic mass is 16.5. The van der Waals surface area contributed by atoms with Crippen LogP contribution in [0.25, 0.3) is 0 Å². The average Bonchev–Trinajstić information content (AvgIpc) is 3.18. The van der Waals surface area contributed by atoms with Gasteiger partial charge in [0.1, 0.15) is 5.69 Å². The van der Waals surface area contributed by atoms with Crippen LogP contribution in [0.2, 0.25) is 0 Å². The molecular weight excluding hydrogens is 280 g/mol. The third-order valence-electron chi connectivity index (χ3n) is 5.20. The third kappa shape index (κ3) is 2.90. The van der Waals surface area contributed by atoms with Gasteiger partial charge in [0, 0.05) is 30.4 Å². The normalized spacial score (nSPS) is 23.4. The van der Waals surface area contributed by atoms with Crippen LogP contribution < -0.4 is 5.32 Å². The molecule has 1 aromatic rings. The van der Waals surface area contributed by atoms with E-state index in [1.54, 1.807) is 6.07 Å². The maximum absolute atomic E-state index is 12.4. The van der Waals surface area contributed by atoms with Gasteiger partial charge in [0.25, 0.3) is 5.91 Å². The summed E-state index contributed by atoms with van der Waals surface area (Å²) in [7, 11) is 0. The van der Waals surface area contributed by atoms with E-state index in [-0.39, 0.29) is 17.5 Å². The molecule has 0 radical (unpaired) electrons. The number of carbonyl (C=O) groups is 1. The van der Waals surface area contributed by atoms with Gasteiger partial charge >= 0.3 is 0 Å². The smallest absolute Gasteiger partial charge is 0.272 e. The van der Waals surface area contributed by atoms with Crippen molar-refractivity contribution < 1.29 is 9.53 Å². The minimum atomic E-state index is -0.0867. The predicted octanol–water partition coefficient (Wildman–Crippen LogP) is 1.48. The Morgan fingerprint density at radius 3 is 2.68 bits per heavy atom. The number of morpholine rings is 1. The van der Waals surface area contributed by atoms with Crippen molar-refractivity contribution in [3.63, 3.8) is 0 Å². The molecule has 6 nitrogen and oxygen atoms in total. The summed E-state index contributed by atoms with van der Waals surface area (Å²) in [6.07, 6.45) is 4.76. The lowest BCUT2D eigenvalue weighted by Gasteiger charge is -2.47. The van der Waals surface area contributed by atoms with Crippen molar-refractivity contribution in [3.05, 3.63) is 17.5 Å². The van der Waals surface area contributed by atoms with E-state index >= 15 is 0 Å². The predicted molar refractivity (Wildman–Crippen MR) is 83.8 cm³/mol. The number of carbonyl (C=O) groups excluding carboxylic acids is 1. The van der Waals surface area contributed by atoms with E-state index in [9.17, 15) is 4.79 Å². The van der Waals surface area contributed by atoms with E-state index in [1.165, 1.54) is 12.8 Å². The molecule has 1 saturated carbocycles. The van der Waals surface area contributed by atoms with Crippen molar-refractivity contribution in [1.29, 1.82) is 0 Å². The first-order chi connectivity index (χ1) is 10.6. The number of aryl methyl sites for hydroxylation is 1. The molecule has 1 aromatic heterocycles. The molecule has 1 aliphatic heterocycles. The lowest BCUT2D eigenvalue weighted by atomic mass is 9.86. The van der Waals surface area contributed by atoms with Gasteiger partial charge in [-0.05, 0) is 32.8 Å². The van der Waals surface area contributed by atoms with Gasteiger partial charge in [0.05, 0.1) is 13.2 Å². The largest absolute Gasteiger partial charge is 0.379 e. The van der Waals surface area contributed by atoms with Crippen LogP contribution in [0.15, 0.2) is 6.07 Å². The molecule has 1 saturated heterocycles. The van der Waals surface area contributed by atoms with Gasteiger partial charge in [-0.3, -0.25) is 14.8 Å². The van der Waals surface area contributed by atoms with E-state index in [0.717, 1.165) is 44.8 Å².